The third-order valence-electron chi connectivity index (χ3n) is 3.10. The highest BCUT2D eigenvalue weighted by molar-refractivity contribution is 5.82. The SMILES string of the molecule is Cc1nccn1CCCCC(C)(C)C(=N)N. The summed E-state index contributed by atoms with van der Waals surface area (Å²) in [5.74, 6) is 1.34. The third-order valence-corrected chi connectivity index (χ3v) is 3.10. The van der Waals surface area contributed by atoms with Gasteiger partial charge in [0.05, 0.1) is 5.84 Å². The first-order valence-corrected chi connectivity index (χ1v) is 5.76. The Morgan fingerprint density at radius 3 is 2.69 bits per heavy atom. The van der Waals surface area contributed by atoms with Crippen LogP contribution < -0.4 is 5.73 Å². The van der Waals surface area contributed by atoms with Gasteiger partial charge in [-0.25, -0.2) is 4.98 Å². The first-order chi connectivity index (χ1) is 7.43. The molecule has 0 saturated heterocycles. The molecule has 3 N–H and O–H groups in total. The van der Waals surface area contributed by atoms with Gasteiger partial charge in [0.1, 0.15) is 5.82 Å². The Balaban J connectivity index is 2.27. The number of nitrogens with two attached hydrogens (primary N) is 1. The molecule has 0 fully saturated rings. The normalized spacial score (nSPS) is 11.7. The van der Waals surface area contributed by atoms with E-state index in [1.165, 1.54) is 0 Å². The Hall–Kier alpha value is -1.32. The van der Waals surface area contributed by atoms with E-state index in [2.05, 4.69) is 9.55 Å². The van der Waals surface area contributed by atoms with Crippen molar-refractivity contribution in [2.75, 3.05) is 0 Å². The minimum atomic E-state index is -0.163. The van der Waals surface area contributed by atoms with Crippen LogP contribution in [-0.2, 0) is 6.54 Å². The fourth-order valence-electron chi connectivity index (χ4n) is 1.62. The molecule has 0 amide bonds. The van der Waals surface area contributed by atoms with Gasteiger partial charge in [0.25, 0.3) is 0 Å². The Labute approximate surface area is 97.4 Å². The van der Waals surface area contributed by atoms with E-state index >= 15 is 0 Å². The van der Waals surface area contributed by atoms with Gasteiger partial charge < -0.3 is 10.3 Å². The van der Waals surface area contributed by atoms with Crippen LogP contribution in [0, 0.1) is 17.7 Å². The van der Waals surface area contributed by atoms with Crippen LogP contribution in [0.4, 0.5) is 0 Å². The van der Waals surface area contributed by atoms with E-state index in [0.717, 1.165) is 31.6 Å². The van der Waals surface area contributed by atoms with Crippen LogP contribution in [0.25, 0.3) is 0 Å². The van der Waals surface area contributed by atoms with Crippen LogP contribution in [0.15, 0.2) is 12.4 Å². The van der Waals surface area contributed by atoms with Crippen LogP contribution in [0.3, 0.4) is 0 Å². The molecule has 16 heavy (non-hydrogen) atoms. The van der Waals surface area contributed by atoms with Crippen molar-refractivity contribution >= 4 is 5.84 Å². The van der Waals surface area contributed by atoms with Crippen molar-refractivity contribution < 1.29 is 0 Å². The zero-order valence-electron chi connectivity index (χ0n) is 10.5. The summed E-state index contributed by atoms with van der Waals surface area (Å²) in [5.41, 5.74) is 5.38. The average molecular weight is 222 g/mol. The van der Waals surface area contributed by atoms with Gasteiger partial charge >= 0.3 is 0 Å². The van der Waals surface area contributed by atoms with Gasteiger partial charge in [0, 0.05) is 24.4 Å². The molecular formula is C12H22N4. The number of nitrogens with one attached hydrogen (secondary N) is 1. The Morgan fingerprint density at radius 1 is 1.50 bits per heavy atom. The van der Waals surface area contributed by atoms with Crippen molar-refractivity contribution in [3.05, 3.63) is 18.2 Å². The highest BCUT2D eigenvalue weighted by Gasteiger charge is 2.20. The molecule has 1 heterocycles. The van der Waals surface area contributed by atoms with Gasteiger partial charge in [-0.2, -0.15) is 0 Å². The second-order valence-corrected chi connectivity index (χ2v) is 4.92. The molecule has 1 aromatic rings. The summed E-state index contributed by atoms with van der Waals surface area (Å²) >= 11 is 0. The molecule has 0 unspecified atom stereocenters. The summed E-state index contributed by atoms with van der Waals surface area (Å²) in [4.78, 5) is 4.18. The molecule has 0 atom stereocenters. The standard InChI is InChI=1S/C12H22N4/c1-10-15-7-9-16(10)8-5-4-6-12(2,3)11(13)14/h7,9H,4-6,8H2,1-3H3,(H3,13,14). The maximum Gasteiger partial charge on any atom is 0.105 e. The Morgan fingerprint density at radius 2 is 2.19 bits per heavy atom. The summed E-state index contributed by atoms with van der Waals surface area (Å²) in [6.45, 7) is 7.06. The van der Waals surface area contributed by atoms with Crippen molar-refractivity contribution in [1.29, 1.82) is 5.41 Å². The molecule has 4 heteroatoms. The monoisotopic (exact) mass is 222 g/mol. The van der Waals surface area contributed by atoms with Gasteiger partial charge in [-0.1, -0.05) is 20.3 Å². The molecule has 0 spiro atoms. The van der Waals surface area contributed by atoms with E-state index in [0.29, 0.717) is 0 Å². The largest absolute Gasteiger partial charge is 0.387 e. The average Bonchev–Trinajstić information content (AvgIpc) is 2.59. The summed E-state index contributed by atoms with van der Waals surface area (Å²) in [7, 11) is 0. The molecule has 1 rings (SSSR count). The van der Waals surface area contributed by atoms with Crippen LogP contribution in [-0.4, -0.2) is 15.4 Å². The predicted molar refractivity (Wildman–Crippen MR) is 66.5 cm³/mol. The number of rotatable bonds is 6. The third kappa shape index (κ3) is 3.36. The minimum Gasteiger partial charge on any atom is -0.387 e. The first-order valence-electron chi connectivity index (χ1n) is 5.76. The topological polar surface area (TPSA) is 67.7 Å². The zero-order chi connectivity index (χ0) is 12.2. The smallest absolute Gasteiger partial charge is 0.105 e. The first kappa shape index (κ1) is 12.7. The quantitative estimate of drug-likeness (QED) is 0.440. The van der Waals surface area contributed by atoms with Crippen molar-refractivity contribution in [3.63, 3.8) is 0 Å². The maximum atomic E-state index is 7.47. The zero-order valence-corrected chi connectivity index (χ0v) is 10.5. The van der Waals surface area contributed by atoms with Gasteiger partial charge in [0.2, 0.25) is 0 Å². The number of amidine groups is 1. The van der Waals surface area contributed by atoms with E-state index in [1.54, 1.807) is 0 Å². The lowest BCUT2D eigenvalue weighted by atomic mass is 9.86. The predicted octanol–water partition coefficient (Wildman–Crippen LogP) is 2.32. The fourth-order valence-corrected chi connectivity index (χ4v) is 1.62. The van der Waals surface area contributed by atoms with Gasteiger partial charge in [-0.05, 0) is 19.8 Å². The molecule has 0 aliphatic carbocycles. The van der Waals surface area contributed by atoms with Crippen molar-refractivity contribution in [2.45, 2.75) is 46.6 Å². The highest BCUT2D eigenvalue weighted by atomic mass is 15.0. The van der Waals surface area contributed by atoms with Crippen LogP contribution >= 0.6 is 0 Å². The number of imidazole rings is 1. The lowest BCUT2D eigenvalue weighted by Gasteiger charge is -2.22. The summed E-state index contributed by atoms with van der Waals surface area (Å²) in [5, 5.41) is 7.47. The molecule has 0 saturated carbocycles. The Bertz CT molecular complexity index is 352. The molecule has 1 aromatic heterocycles. The van der Waals surface area contributed by atoms with Crippen molar-refractivity contribution in [3.8, 4) is 0 Å². The maximum absolute atomic E-state index is 7.47. The van der Waals surface area contributed by atoms with Crippen LogP contribution in [0.5, 0.6) is 0 Å². The Kier molecular flexibility index (Phi) is 4.10. The second kappa shape index (κ2) is 5.14. The van der Waals surface area contributed by atoms with Gasteiger partial charge in [-0.3, -0.25) is 5.41 Å². The number of nitrogens with zero attached hydrogens (tertiary/aromatic N) is 2. The molecule has 0 aromatic carbocycles. The fraction of sp³-hybridized carbons (Fsp3) is 0.667. The van der Waals surface area contributed by atoms with Gasteiger partial charge in [0.15, 0.2) is 0 Å². The number of aromatic nitrogens is 2. The van der Waals surface area contributed by atoms with E-state index in [-0.39, 0.29) is 11.3 Å². The molecule has 90 valence electrons. The number of aryl methyl sites for hydroxylation is 2. The molecule has 0 aliphatic rings. The second-order valence-electron chi connectivity index (χ2n) is 4.92. The van der Waals surface area contributed by atoms with Gasteiger partial charge in [-0.15, -0.1) is 0 Å². The van der Waals surface area contributed by atoms with E-state index in [1.807, 2.05) is 33.2 Å². The molecule has 0 aliphatic heterocycles. The molecular weight excluding hydrogens is 200 g/mol. The molecule has 0 radical (unpaired) electrons. The van der Waals surface area contributed by atoms with E-state index < -0.39 is 0 Å². The number of hydrogen-bond acceptors (Lipinski definition) is 2. The van der Waals surface area contributed by atoms with Crippen LogP contribution in [0.1, 0.15) is 38.9 Å². The highest BCUT2D eigenvalue weighted by Crippen LogP contribution is 2.22. The lowest BCUT2D eigenvalue weighted by Crippen LogP contribution is -2.30. The molecule has 0 bridgehead atoms. The summed E-state index contributed by atoms with van der Waals surface area (Å²) < 4.78 is 2.15. The minimum absolute atomic E-state index is 0.163. The van der Waals surface area contributed by atoms with E-state index in [9.17, 15) is 0 Å². The number of unbranched alkanes of at least 4 members (excludes halogenated alkanes) is 1. The van der Waals surface area contributed by atoms with Crippen molar-refractivity contribution in [1.82, 2.24) is 9.55 Å². The van der Waals surface area contributed by atoms with Crippen molar-refractivity contribution in [2.24, 2.45) is 11.1 Å². The molecule has 4 nitrogen and oxygen atoms in total. The summed E-state index contributed by atoms with van der Waals surface area (Å²) in [6.07, 6.45) is 6.99. The summed E-state index contributed by atoms with van der Waals surface area (Å²) in [6, 6.07) is 0. The van der Waals surface area contributed by atoms with Crippen LogP contribution in [0.2, 0.25) is 0 Å². The number of hydrogen-bond donors (Lipinski definition) is 2. The van der Waals surface area contributed by atoms with E-state index in [4.69, 9.17) is 11.1 Å². The lowest BCUT2D eigenvalue weighted by molar-refractivity contribution is 0.429.